The van der Waals surface area contributed by atoms with Crippen molar-refractivity contribution in [2.45, 2.75) is 31.2 Å². The summed E-state index contributed by atoms with van der Waals surface area (Å²) in [6.45, 7) is 3.59. The van der Waals surface area contributed by atoms with E-state index in [1.54, 1.807) is 13.1 Å². The van der Waals surface area contributed by atoms with Gasteiger partial charge in [0.25, 0.3) is 0 Å². The summed E-state index contributed by atoms with van der Waals surface area (Å²) < 4.78 is 27.0. The van der Waals surface area contributed by atoms with Crippen molar-refractivity contribution in [3.8, 4) is 0 Å². The molecule has 18 heavy (non-hydrogen) atoms. The number of sulfonamides is 1. The highest BCUT2D eigenvalue weighted by Crippen LogP contribution is 2.22. The molecule has 1 unspecified atom stereocenters. The Kier molecular flexibility index (Phi) is 3.79. The van der Waals surface area contributed by atoms with Crippen molar-refractivity contribution in [1.82, 2.24) is 19.9 Å². The molecule has 0 fully saturated rings. The molecule has 8 heteroatoms. The van der Waals surface area contributed by atoms with E-state index in [2.05, 4.69) is 19.9 Å². The van der Waals surface area contributed by atoms with Gasteiger partial charge in [-0.2, -0.15) is 5.10 Å². The lowest BCUT2D eigenvalue weighted by Crippen LogP contribution is -2.28. The van der Waals surface area contributed by atoms with E-state index in [0.29, 0.717) is 12.1 Å². The summed E-state index contributed by atoms with van der Waals surface area (Å²) in [6.07, 6.45) is 3.62. The van der Waals surface area contributed by atoms with Gasteiger partial charge >= 0.3 is 0 Å². The fourth-order valence-electron chi connectivity index (χ4n) is 1.58. The number of hydrogen-bond donors (Lipinski definition) is 2. The lowest BCUT2D eigenvalue weighted by molar-refractivity contribution is 0.548. The first-order valence-corrected chi connectivity index (χ1v) is 7.82. The minimum atomic E-state index is -3.56. The number of H-pyrrole nitrogens is 1. The number of nitrogens with one attached hydrogen (secondary N) is 2. The van der Waals surface area contributed by atoms with Gasteiger partial charge in [0.2, 0.25) is 10.0 Å². The summed E-state index contributed by atoms with van der Waals surface area (Å²) >= 11 is 1.44. The van der Waals surface area contributed by atoms with E-state index in [1.807, 2.05) is 12.3 Å². The molecule has 98 valence electrons. The van der Waals surface area contributed by atoms with Crippen molar-refractivity contribution in [2.75, 3.05) is 0 Å². The molecule has 2 N–H and O–H groups in total. The molecule has 0 aliphatic rings. The Labute approximate surface area is 110 Å². The predicted molar refractivity (Wildman–Crippen MR) is 68.8 cm³/mol. The van der Waals surface area contributed by atoms with Gasteiger partial charge in [0.05, 0.1) is 17.9 Å². The zero-order chi connectivity index (χ0) is 13.2. The lowest BCUT2D eigenvalue weighted by atomic mass is 10.3. The average Bonchev–Trinajstić information content (AvgIpc) is 2.96. The van der Waals surface area contributed by atoms with Crippen LogP contribution in [0.5, 0.6) is 0 Å². The molecule has 2 heterocycles. The van der Waals surface area contributed by atoms with Gasteiger partial charge in [-0.15, -0.1) is 11.3 Å². The number of aromatic amines is 1. The van der Waals surface area contributed by atoms with Gasteiger partial charge in [0.1, 0.15) is 9.90 Å². The molecule has 0 spiro atoms. The van der Waals surface area contributed by atoms with Crippen molar-refractivity contribution in [3.63, 3.8) is 0 Å². The minimum absolute atomic E-state index is 0.178. The highest BCUT2D eigenvalue weighted by atomic mass is 32.2. The van der Waals surface area contributed by atoms with Gasteiger partial charge in [0.15, 0.2) is 0 Å². The Morgan fingerprint density at radius 3 is 2.83 bits per heavy atom. The van der Waals surface area contributed by atoms with E-state index < -0.39 is 10.0 Å². The first-order chi connectivity index (χ1) is 8.54. The highest BCUT2D eigenvalue weighted by molar-refractivity contribution is 7.89. The van der Waals surface area contributed by atoms with Gasteiger partial charge in [0, 0.05) is 11.6 Å². The van der Waals surface area contributed by atoms with Crippen molar-refractivity contribution in [2.24, 2.45) is 0 Å². The average molecular weight is 286 g/mol. The monoisotopic (exact) mass is 286 g/mol. The van der Waals surface area contributed by atoms with Gasteiger partial charge in [-0.1, -0.05) is 6.92 Å². The Morgan fingerprint density at radius 2 is 2.33 bits per heavy atom. The van der Waals surface area contributed by atoms with E-state index in [4.69, 9.17) is 0 Å². The maximum absolute atomic E-state index is 12.2. The quantitative estimate of drug-likeness (QED) is 0.874. The van der Waals surface area contributed by atoms with Crippen LogP contribution in [0.25, 0.3) is 0 Å². The van der Waals surface area contributed by atoms with Gasteiger partial charge in [-0.25, -0.2) is 18.1 Å². The molecular weight excluding hydrogens is 272 g/mol. The fraction of sp³-hybridized carbons (Fsp3) is 0.400. The number of thiazole rings is 1. The van der Waals surface area contributed by atoms with E-state index in [0.717, 1.165) is 5.01 Å². The standard InChI is InChI=1S/C10H14N4O2S2/c1-3-8(10-11-4-5-17-10)14-18(15,16)9-6-12-13-7(9)2/h4-6,8,14H,3H2,1-2H3,(H,12,13). The van der Waals surface area contributed by atoms with Crippen LogP contribution < -0.4 is 4.72 Å². The maximum Gasteiger partial charge on any atom is 0.244 e. The Balaban J connectivity index is 2.25. The highest BCUT2D eigenvalue weighted by Gasteiger charge is 2.24. The Hall–Kier alpha value is -1.25. The van der Waals surface area contributed by atoms with Crippen molar-refractivity contribution >= 4 is 21.4 Å². The number of hydrogen-bond acceptors (Lipinski definition) is 5. The number of aromatic nitrogens is 3. The largest absolute Gasteiger partial charge is 0.281 e. The SMILES string of the molecule is CCC(NS(=O)(=O)c1cn[nH]c1C)c1nccs1. The summed E-state index contributed by atoms with van der Waals surface area (Å²) in [4.78, 5) is 4.32. The smallest absolute Gasteiger partial charge is 0.244 e. The van der Waals surface area contributed by atoms with E-state index >= 15 is 0 Å². The molecular formula is C10H14N4O2S2. The third-order valence-corrected chi connectivity index (χ3v) is 5.00. The third-order valence-electron chi connectivity index (χ3n) is 2.53. The van der Waals surface area contributed by atoms with Crippen LogP contribution in [0.2, 0.25) is 0 Å². The van der Waals surface area contributed by atoms with Crippen LogP contribution in [0, 0.1) is 6.92 Å². The van der Waals surface area contributed by atoms with Crippen LogP contribution >= 0.6 is 11.3 Å². The third kappa shape index (κ3) is 2.60. The maximum atomic E-state index is 12.2. The zero-order valence-electron chi connectivity index (χ0n) is 10.0. The first kappa shape index (κ1) is 13.2. The molecule has 2 aromatic rings. The molecule has 0 aromatic carbocycles. The van der Waals surface area contributed by atoms with Crippen molar-refractivity contribution in [1.29, 1.82) is 0 Å². The molecule has 0 saturated heterocycles. The topological polar surface area (TPSA) is 87.7 Å². The molecule has 0 aliphatic carbocycles. The molecule has 2 aromatic heterocycles. The van der Waals surface area contributed by atoms with Crippen molar-refractivity contribution < 1.29 is 8.42 Å². The van der Waals surface area contributed by atoms with Crippen LogP contribution in [0.4, 0.5) is 0 Å². The molecule has 1 atom stereocenters. The predicted octanol–water partition coefficient (Wildman–Crippen LogP) is 1.60. The van der Waals surface area contributed by atoms with E-state index in [9.17, 15) is 8.42 Å². The van der Waals surface area contributed by atoms with Gasteiger partial charge in [-0.3, -0.25) is 5.10 Å². The molecule has 0 saturated carbocycles. The van der Waals surface area contributed by atoms with Crippen LogP contribution in [-0.4, -0.2) is 23.6 Å². The van der Waals surface area contributed by atoms with Crippen molar-refractivity contribution in [3.05, 3.63) is 28.5 Å². The summed E-state index contributed by atoms with van der Waals surface area (Å²) in [6, 6.07) is -0.302. The normalized spacial score (nSPS) is 13.7. The molecule has 0 aliphatic heterocycles. The van der Waals surface area contributed by atoms with Gasteiger partial charge in [-0.05, 0) is 13.3 Å². The number of rotatable bonds is 5. The molecule has 0 bridgehead atoms. The second-order valence-electron chi connectivity index (χ2n) is 3.81. The fourth-order valence-corrected chi connectivity index (χ4v) is 3.84. The van der Waals surface area contributed by atoms with Crippen LogP contribution in [0.1, 0.15) is 30.1 Å². The van der Waals surface area contributed by atoms with E-state index in [-0.39, 0.29) is 10.9 Å². The summed E-state index contributed by atoms with van der Waals surface area (Å²) in [5, 5.41) is 8.94. The van der Waals surface area contributed by atoms with Crippen LogP contribution in [0.15, 0.2) is 22.7 Å². The Morgan fingerprint density at radius 1 is 1.56 bits per heavy atom. The zero-order valence-corrected chi connectivity index (χ0v) is 11.7. The molecule has 2 rings (SSSR count). The summed E-state index contributed by atoms with van der Waals surface area (Å²) in [5.74, 6) is 0. The molecule has 0 amide bonds. The van der Waals surface area contributed by atoms with Crippen LogP contribution in [0.3, 0.4) is 0 Å². The Bertz CT molecular complexity index is 604. The minimum Gasteiger partial charge on any atom is -0.281 e. The summed E-state index contributed by atoms with van der Waals surface area (Å²) in [5.41, 5.74) is 0.525. The first-order valence-electron chi connectivity index (χ1n) is 5.46. The van der Waals surface area contributed by atoms with E-state index in [1.165, 1.54) is 17.5 Å². The van der Waals surface area contributed by atoms with Crippen LogP contribution in [-0.2, 0) is 10.0 Å². The second-order valence-corrected chi connectivity index (χ2v) is 6.42. The molecule has 0 radical (unpaired) electrons. The summed E-state index contributed by atoms with van der Waals surface area (Å²) in [7, 11) is -3.56. The molecule has 6 nitrogen and oxygen atoms in total. The van der Waals surface area contributed by atoms with Gasteiger partial charge < -0.3 is 0 Å². The number of aryl methyl sites for hydroxylation is 1. The lowest BCUT2D eigenvalue weighted by Gasteiger charge is -2.14. The second kappa shape index (κ2) is 5.17. The number of nitrogens with zero attached hydrogens (tertiary/aromatic N) is 2.